The molecule has 5 rings (SSSR count). The summed E-state index contributed by atoms with van der Waals surface area (Å²) < 4.78 is 34.3. The van der Waals surface area contributed by atoms with E-state index in [0.717, 1.165) is 29.5 Å². The molecular formula is C30H23ClF2N4O3. The summed E-state index contributed by atoms with van der Waals surface area (Å²) in [5, 5.41) is 15.7. The molecule has 1 atom stereocenters. The Morgan fingerprint density at radius 1 is 1.05 bits per heavy atom. The number of halogens is 3. The van der Waals surface area contributed by atoms with E-state index in [9.17, 15) is 18.8 Å². The zero-order valence-electron chi connectivity index (χ0n) is 21.2. The number of hydrogen-bond acceptors (Lipinski definition) is 4. The number of aromatic nitrogens is 3. The molecule has 202 valence electrons. The van der Waals surface area contributed by atoms with Gasteiger partial charge in [-0.15, -0.1) is 0 Å². The first-order valence-electron chi connectivity index (χ1n) is 12.2. The number of carbonyl (C=O) groups excluding carboxylic acids is 1. The first-order chi connectivity index (χ1) is 19.3. The maximum atomic E-state index is 14.6. The van der Waals surface area contributed by atoms with Crippen LogP contribution in [0.15, 0.2) is 91.3 Å². The van der Waals surface area contributed by atoms with Crippen LogP contribution in [0.25, 0.3) is 22.4 Å². The second-order valence-corrected chi connectivity index (χ2v) is 9.41. The molecular weight excluding hydrogens is 538 g/mol. The number of anilines is 1. The fourth-order valence-electron chi connectivity index (χ4n) is 4.46. The van der Waals surface area contributed by atoms with Gasteiger partial charge in [-0.3, -0.25) is 5.32 Å². The van der Waals surface area contributed by atoms with E-state index < -0.39 is 23.6 Å². The van der Waals surface area contributed by atoms with Gasteiger partial charge in [0, 0.05) is 11.8 Å². The fraction of sp³-hybridized carbons (Fsp3) is 0.100. The molecule has 0 spiro atoms. The SMILES string of the molecule is COC(=O)Nc1ccc(-c2cnc(C(Cc3ccccc3)c3ccc(-c4c(F)ccc(Cl)c4F)c[n+]3[O-])[nH]2)cc1. The minimum absolute atomic E-state index is 0.0653. The average Bonchev–Trinajstić information content (AvgIpc) is 3.45. The Hall–Kier alpha value is -4.76. The number of benzene rings is 3. The molecule has 0 fully saturated rings. The number of nitrogens with one attached hydrogen (secondary N) is 2. The number of H-pyrrole nitrogens is 1. The lowest BCUT2D eigenvalue weighted by Crippen LogP contribution is -2.34. The Morgan fingerprint density at radius 3 is 2.48 bits per heavy atom. The van der Waals surface area contributed by atoms with Gasteiger partial charge in [0.25, 0.3) is 0 Å². The predicted octanol–water partition coefficient (Wildman–Crippen LogP) is 6.86. The summed E-state index contributed by atoms with van der Waals surface area (Å²) >= 11 is 5.85. The van der Waals surface area contributed by atoms with Crippen molar-refractivity contribution in [2.45, 2.75) is 12.3 Å². The van der Waals surface area contributed by atoms with E-state index in [0.29, 0.717) is 34.1 Å². The van der Waals surface area contributed by atoms with Crippen LogP contribution in [0.2, 0.25) is 5.02 Å². The van der Waals surface area contributed by atoms with Gasteiger partial charge in [-0.05, 0) is 47.9 Å². The summed E-state index contributed by atoms with van der Waals surface area (Å²) in [4.78, 5) is 19.3. The van der Waals surface area contributed by atoms with Crippen LogP contribution in [0.4, 0.5) is 19.3 Å². The molecule has 7 nitrogen and oxygen atoms in total. The summed E-state index contributed by atoms with van der Waals surface area (Å²) in [6, 6.07) is 21.9. The van der Waals surface area contributed by atoms with Crippen LogP contribution in [-0.2, 0) is 11.2 Å². The molecule has 10 heteroatoms. The Balaban J connectivity index is 1.50. The number of aromatic amines is 1. The number of carbonyl (C=O) groups is 1. The monoisotopic (exact) mass is 560 g/mol. The van der Waals surface area contributed by atoms with Crippen molar-refractivity contribution in [3.05, 3.63) is 130 Å². The van der Waals surface area contributed by atoms with Gasteiger partial charge in [-0.1, -0.05) is 54.1 Å². The van der Waals surface area contributed by atoms with Gasteiger partial charge < -0.3 is 14.9 Å². The van der Waals surface area contributed by atoms with E-state index in [4.69, 9.17) is 11.6 Å². The first-order valence-corrected chi connectivity index (χ1v) is 12.6. The maximum absolute atomic E-state index is 14.6. The highest BCUT2D eigenvalue weighted by atomic mass is 35.5. The maximum Gasteiger partial charge on any atom is 0.411 e. The summed E-state index contributed by atoms with van der Waals surface area (Å²) in [5.41, 5.74) is 3.09. The lowest BCUT2D eigenvalue weighted by Gasteiger charge is -2.16. The van der Waals surface area contributed by atoms with Crippen molar-refractivity contribution < 1.29 is 23.0 Å². The minimum Gasteiger partial charge on any atom is -0.618 e. The van der Waals surface area contributed by atoms with E-state index in [2.05, 4.69) is 20.0 Å². The Kier molecular flexibility index (Phi) is 7.75. The van der Waals surface area contributed by atoms with E-state index in [1.54, 1.807) is 24.4 Å². The first kappa shape index (κ1) is 26.8. The summed E-state index contributed by atoms with van der Waals surface area (Å²) in [7, 11) is 1.29. The topological polar surface area (TPSA) is 93.9 Å². The van der Waals surface area contributed by atoms with Crippen LogP contribution in [0, 0.1) is 16.8 Å². The van der Waals surface area contributed by atoms with Gasteiger partial charge in [0.15, 0.2) is 12.0 Å². The van der Waals surface area contributed by atoms with Gasteiger partial charge in [-0.25, -0.2) is 18.6 Å². The highest BCUT2D eigenvalue weighted by molar-refractivity contribution is 6.31. The van der Waals surface area contributed by atoms with Gasteiger partial charge >= 0.3 is 6.09 Å². The number of methoxy groups -OCH3 is 1. The molecule has 2 aromatic heterocycles. The fourth-order valence-corrected chi connectivity index (χ4v) is 4.61. The Labute approximate surface area is 233 Å². The number of rotatable bonds is 7. The number of pyridine rings is 1. The highest BCUT2D eigenvalue weighted by Gasteiger charge is 2.27. The quantitative estimate of drug-likeness (QED) is 0.129. The van der Waals surface area contributed by atoms with E-state index in [1.165, 1.54) is 13.2 Å². The molecule has 3 aromatic carbocycles. The molecule has 1 amide bonds. The van der Waals surface area contributed by atoms with Crippen molar-refractivity contribution in [1.29, 1.82) is 0 Å². The van der Waals surface area contributed by atoms with Crippen molar-refractivity contribution in [1.82, 2.24) is 9.97 Å². The number of ether oxygens (including phenoxy) is 1. The molecule has 0 bridgehead atoms. The molecule has 5 aromatic rings. The lowest BCUT2D eigenvalue weighted by molar-refractivity contribution is -0.614. The standard InChI is InChI=1S/C30H23ClF2N4O3/c1-40-30(38)35-21-10-7-19(8-11-21)25-16-34-29(36-25)22(15-18-5-3-2-4-6-18)26-14-9-20(17-37(26)39)27-24(32)13-12-23(31)28(27)33/h2-14,16-17,22H,15H2,1H3,(H,34,36)(H,35,38). The van der Waals surface area contributed by atoms with Crippen molar-refractivity contribution in [2.75, 3.05) is 12.4 Å². The molecule has 2 heterocycles. The summed E-state index contributed by atoms with van der Waals surface area (Å²) in [5.74, 6) is -1.72. The van der Waals surface area contributed by atoms with Crippen LogP contribution in [0.3, 0.4) is 0 Å². The normalized spacial score (nSPS) is 11.7. The van der Waals surface area contributed by atoms with Crippen LogP contribution in [0.5, 0.6) is 0 Å². The molecule has 0 aliphatic rings. The smallest absolute Gasteiger partial charge is 0.411 e. The average molecular weight is 561 g/mol. The third-order valence-corrected chi connectivity index (χ3v) is 6.76. The molecule has 0 aliphatic carbocycles. The number of amides is 1. The highest BCUT2D eigenvalue weighted by Crippen LogP contribution is 2.32. The van der Waals surface area contributed by atoms with Crippen LogP contribution < -0.4 is 10.0 Å². The zero-order valence-corrected chi connectivity index (χ0v) is 22.0. The Morgan fingerprint density at radius 2 is 1.77 bits per heavy atom. The molecule has 0 radical (unpaired) electrons. The molecule has 2 N–H and O–H groups in total. The second kappa shape index (κ2) is 11.5. The van der Waals surface area contributed by atoms with Gasteiger partial charge in [-0.2, -0.15) is 4.73 Å². The second-order valence-electron chi connectivity index (χ2n) is 9.00. The summed E-state index contributed by atoms with van der Waals surface area (Å²) in [6.07, 6.45) is 2.67. The zero-order chi connectivity index (χ0) is 28.2. The summed E-state index contributed by atoms with van der Waals surface area (Å²) in [6.45, 7) is 0. The molecule has 0 aliphatic heterocycles. The lowest BCUT2D eigenvalue weighted by atomic mass is 9.94. The largest absolute Gasteiger partial charge is 0.618 e. The molecule has 0 saturated heterocycles. The number of hydrogen-bond donors (Lipinski definition) is 2. The molecule has 1 unspecified atom stereocenters. The predicted molar refractivity (Wildman–Crippen MR) is 148 cm³/mol. The Bertz CT molecular complexity index is 1660. The van der Waals surface area contributed by atoms with Gasteiger partial charge in [0.05, 0.1) is 35.2 Å². The number of nitrogens with zero attached hydrogens (tertiary/aromatic N) is 2. The van der Waals surface area contributed by atoms with Gasteiger partial charge in [0.1, 0.15) is 17.6 Å². The van der Waals surface area contributed by atoms with Crippen LogP contribution in [-0.4, -0.2) is 23.2 Å². The van der Waals surface area contributed by atoms with Crippen molar-refractivity contribution in [3.8, 4) is 22.4 Å². The van der Waals surface area contributed by atoms with Crippen molar-refractivity contribution in [3.63, 3.8) is 0 Å². The van der Waals surface area contributed by atoms with Gasteiger partial charge in [0.2, 0.25) is 5.69 Å². The van der Waals surface area contributed by atoms with E-state index >= 15 is 0 Å². The third kappa shape index (κ3) is 5.64. The number of imidazole rings is 1. The van der Waals surface area contributed by atoms with Crippen LogP contribution >= 0.6 is 11.6 Å². The van der Waals surface area contributed by atoms with E-state index in [1.807, 2.05) is 42.5 Å². The van der Waals surface area contributed by atoms with E-state index in [-0.39, 0.29) is 16.1 Å². The molecule has 40 heavy (non-hydrogen) atoms. The van der Waals surface area contributed by atoms with Crippen LogP contribution in [0.1, 0.15) is 23.0 Å². The molecule has 0 saturated carbocycles. The minimum atomic E-state index is -0.932. The van der Waals surface area contributed by atoms with Crippen molar-refractivity contribution >= 4 is 23.4 Å². The van der Waals surface area contributed by atoms with Crippen molar-refractivity contribution in [2.24, 2.45) is 0 Å². The third-order valence-electron chi connectivity index (χ3n) is 6.47.